The second-order valence-electron chi connectivity index (χ2n) is 14.6. The maximum atomic E-state index is 15.4. The van der Waals surface area contributed by atoms with Gasteiger partial charge in [-0.05, 0) is 101 Å². The summed E-state index contributed by atoms with van der Waals surface area (Å²) in [6.45, 7) is 6.21. The molecule has 274 valence electrons. The molecule has 1 heterocycles. The maximum Gasteiger partial charge on any atom is 0.267 e. The minimum Gasteiger partial charge on any atom is -0.308 e. The van der Waals surface area contributed by atoms with E-state index in [0.717, 1.165) is 71.9 Å². The van der Waals surface area contributed by atoms with Gasteiger partial charge in [0.2, 0.25) is 6.41 Å². The Bertz CT molecular complexity index is 2880. The van der Waals surface area contributed by atoms with Crippen LogP contribution >= 0.6 is 0 Å². The third kappa shape index (κ3) is 6.22. The van der Waals surface area contributed by atoms with E-state index in [1.807, 2.05) is 91.9 Å². The van der Waals surface area contributed by atoms with Gasteiger partial charge in [-0.25, -0.2) is 4.90 Å². The van der Waals surface area contributed by atoms with Gasteiger partial charge in [0.1, 0.15) is 0 Å². The van der Waals surface area contributed by atoms with Crippen molar-refractivity contribution in [2.75, 3.05) is 4.90 Å². The molecule has 0 saturated heterocycles. The van der Waals surface area contributed by atoms with Crippen molar-refractivity contribution in [1.82, 2.24) is 4.57 Å². The van der Waals surface area contributed by atoms with Crippen molar-refractivity contribution in [1.29, 1.82) is 0 Å². The molecule has 0 saturated carbocycles. The van der Waals surface area contributed by atoms with Crippen molar-refractivity contribution in [2.24, 2.45) is 0 Å². The van der Waals surface area contributed by atoms with Gasteiger partial charge in [0.15, 0.2) is 0 Å². The summed E-state index contributed by atoms with van der Waals surface area (Å²) in [5.41, 5.74) is 14.9. The van der Waals surface area contributed by atoms with Crippen molar-refractivity contribution in [3.05, 3.63) is 204 Å². The topological polar surface area (TPSA) is 42.3 Å². The van der Waals surface area contributed by atoms with E-state index in [2.05, 4.69) is 115 Å². The number of rotatable bonds is 8. The van der Waals surface area contributed by atoms with Crippen LogP contribution in [-0.4, -0.2) is 16.9 Å². The van der Waals surface area contributed by atoms with Crippen LogP contribution in [0, 0.1) is 20.8 Å². The molecule has 0 radical (unpaired) electrons. The summed E-state index contributed by atoms with van der Waals surface area (Å²) >= 11 is 0. The lowest BCUT2D eigenvalue weighted by Gasteiger charge is -2.24. The molecule has 0 aliphatic rings. The van der Waals surface area contributed by atoms with Crippen molar-refractivity contribution < 1.29 is 9.59 Å². The molecule has 0 aliphatic heterocycles. The van der Waals surface area contributed by atoms with Gasteiger partial charge in [-0.2, -0.15) is 0 Å². The molecule has 4 heteroatoms. The van der Waals surface area contributed by atoms with Gasteiger partial charge in [-0.15, -0.1) is 0 Å². The molecule has 0 N–H and O–H groups in total. The molecule has 9 aromatic rings. The van der Waals surface area contributed by atoms with E-state index >= 15 is 4.79 Å². The Morgan fingerprint density at radius 3 is 1.53 bits per heavy atom. The number of aromatic nitrogens is 1. The average Bonchev–Trinajstić information content (AvgIpc) is 3.57. The first-order valence-electron chi connectivity index (χ1n) is 19.3. The molecule has 57 heavy (non-hydrogen) atoms. The third-order valence-corrected chi connectivity index (χ3v) is 11.2. The Morgan fingerprint density at radius 1 is 0.474 bits per heavy atom. The van der Waals surface area contributed by atoms with Crippen LogP contribution in [0.25, 0.3) is 72.0 Å². The second kappa shape index (κ2) is 14.7. The molecule has 0 bridgehead atoms. The van der Waals surface area contributed by atoms with E-state index in [0.29, 0.717) is 23.3 Å². The molecule has 9 rings (SSSR count). The Hall–Kier alpha value is -7.30. The zero-order chi connectivity index (χ0) is 39.0. The lowest BCUT2D eigenvalue weighted by molar-refractivity contribution is -0.106. The van der Waals surface area contributed by atoms with Crippen LogP contribution in [0.15, 0.2) is 182 Å². The molecule has 0 unspecified atom stereocenters. The predicted molar refractivity (Wildman–Crippen MR) is 236 cm³/mol. The highest BCUT2D eigenvalue weighted by molar-refractivity contribution is 6.21. The first-order chi connectivity index (χ1) is 27.9. The van der Waals surface area contributed by atoms with Crippen LogP contribution in [0.2, 0.25) is 0 Å². The molecule has 4 nitrogen and oxygen atoms in total. The maximum absolute atomic E-state index is 15.4. The summed E-state index contributed by atoms with van der Waals surface area (Å²) in [6.07, 6.45) is 0.660. The Balaban J connectivity index is 1.30. The fourth-order valence-electron chi connectivity index (χ4n) is 8.37. The highest BCUT2D eigenvalue weighted by Gasteiger charge is 2.28. The number of hydrogen-bond acceptors (Lipinski definition) is 2. The first-order valence-corrected chi connectivity index (χ1v) is 19.3. The lowest BCUT2D eigenvalue weighted by Crippen LogP contribution is -2.31. The van der Waals surface area contributed by atoms with E-state index in [9.17, 15) is 4.79 Å². The monoisotopic (exact) mass is 736 g/mol. The van der Waals surface area contributed by atoms with Crippen LogP contribution < -0.4 is 4.90 Å². The summed E-state index contributed by atoms with van der Waals surface area (Å²) < 4.78 is 2.22. The fraction of sp³-hybridized carbons (Fsp3) is 0.0566. The van der Waals surface area contributed by atoms with Crippen LogP contribution in [0.3, 0.4) is 0 Å². The van der Waals surface area contributed by atoms with Crippen LogP contribution in [0.4, 0.5) is 5.69 Å². The number of hydrogen-bond donors (Lipinski definition) is 0. The molecule has 0 fully saturated rings. The molecule has 0 atom stereocenters. The predicted octanol–water partition coefficient (Wildman–Crippen LogP) is 13.2. The Morgan fingerprint density at radius 2 is 0.965 bits per heavy atom. The van der Waals surface area contributed by atoms with Crippen molar-refractivity contribution in [3.8, 4) is 50.2 Å². The summed E-state index contributed by atoms with van der Waals surface area (Å²) in [7, 11) is 0. The van der Waals surface area contributed by atoms with Crippen molar-refractivity contribution in [3.63, 3.8) is 0 Å². The number of fused-ring (bicyclic) bond motifs is 3. The zero-order valence-electron chi connectivity index (χ0n) is 32.1. The summed E-state index contributed by atoms with van der Waals surface area (Å²) in [5.74, 6) is -0.402. The molecule has 8 aromatic carbocycles. The van der Waals surface area contributed by atoms with E-state index in [-0.39, 0.29) is 0 Å². The molecular weight excluding hydrogens is 697 g/mol. The second-order valence-corrected chi connectivity index (χ2v) is 14.6. The average molecular weight is 737 g/mol. The van der Waals surface area contributed by atoms with Gasteiger partial charge in [-0.3, -0.25) is 9.59 Å². The number of carbonyl (C=O) groups excluding carboxylic acids is 2. The standard InChI is InChI=1S/C53H40N2O2/c1-35-16-10-12-23-42(35)40-28-30-45-46-31-29-41(43-24-13-11-17-36(43)2)33-50(46)55(49(45)32-40)48-27-14-18-37(3)51(48)53(57)54(34-56)47-26-15-25-44(38-19-6-4-7-20-38)52(47)39-21-8-5-9-22-39/h4-34H,1-3H3. The van der Waals surface area contributed by atoms with E-state index < -0.39 is 5.91 Å². The normalized spacial score (nSPS) is 11.2. The Kier molecular flexibility index (Phi) is 9.16. The molecule has 1 aromatic heterocycles. The minimum atomic E-state index is -0.402. The number of amides is 2. The minimum absolute atomic E-state index is 0.402. The van der Waals surface area contributed by atoms with Gasteiger partial charge in [0.05, 0.1) is 28.0 Å². The zero-order valence-corrected chi connectivity index (χ0v) is 32.1. The SMILES string of the molecule is Cc1ccccc1-c1ccc2c3ccc(-c4ccccc4C)cc3n(-c3cccc(C)c3C(=O)N(C=O)c3cccc(-c4ccccc4)c3-c3ccccc3)c2c1. The highest BCUT2D eigenvalue weighted by atomic mass is 16.2. The van der Waals surface area contributed by atoms with Gasteiger partial charge in [0, 0.05) is 16.3 Å². The first kappa shape index (κ1) is 35.4. The van der Waals surface area contributed by atoms with Gasteiger partial charge < -0.3 is 4.57 Å². The smallest absolute Gasteiger partial charge is 0.267 e. The number of anilines is 1. The third-order valence-electron chi connectivity index (χ3n) is 11.2. The van der Waals surface area contributed by atoms with E-state index in [1.54, 1.807) is 0 Å². The summed E-state index contributed by atoms with van der Waals surface area (Å²) in [6, 6.07) is 61.9. The van der Waals surface area contributed by atoms with E-state index in [4.69, 9.17) is 0 Å². The van der Waals surface area contributed by atoms with Gasteiger partial charge in [0.25, 0.3) is 5.91 Å². The summed E-state index contributed by atoms with van der Waals surface area (Å²) in [5, 5.41) is 2.15. The van der Waals surface area contributed by atoms with Gasteiger partial charge in [-0.1, -0.05) is 158 Å². The van der Waals surface area contributed by atoms with Crippen molar-refractivity contribution >= 4 is 39.8 Å². The fourth-order valence-corrected chi connectivity index (χ4v) is 8.37. The summed E-state index contributed by atoms with van der Waals surface area (Å²) in [4.78, 5) is 30.1. The lowest BCUT2D eigenvalue weighted by atomic mass is 9.92. The molecular formula is C53H40N2O2. The quantitative estimate of drug-likeness (QED) is 0.146. The number of benzene rings is 8. The van der Waals surface area contributed by atoms with Crippen LogP contribution in [0.5, 0.6) is 0 Å². The molecule has 0 aliphatic carbocycles. The highest BCUT2D eigenvalue weighted by Crippen LogP contribution is 2.42. The molecule has 2 amide bonds. The number of carbonyl (C=O) groups is 2. The number of imide groups is 1. The van der Waals surface area contributed by atoms with E-state index in [1.165, 1.54) is 16.0 Å². The number of nitrogens with zero attached hydrogens (tertiary/aromatic N) is 2. The van der Waals surface area contributed by atoms with Gasteiger partial charge >= 0.3 is 0 Å². The Labute approximate surface area is 332 Å². The van der Waals surface area contributed by atoms with Crippen LogP contribution in [0.1, 0.15) is 27.0 Å². The van der Waals surface area contributed by atoms with Crippen molar-refractivity contribution in [2.45, 2.75) is 20.8 Å². The number of aryl methyl sites for hydroxylation is 3. The van der Waals surface area contributed by atoms with Crippen LogP contribution in [-0.2, 0) is 4.79 Å². The largest absolute Gasteiger partial charge is 0.308 e. The molecule has 0 spiro atoms.